The van der Waals surface area contributed by atoms with Crippen molar-refractivity contribution in [3.05, 3.63) is 71.8 Å². The first-order valence-electron chi connectivity index (χ1n) is 8.42. The molecule has 5 nitrogen and oxygen atoms in total. The molecule has 0 unspecified atom stereocenters. The Labute approximate surface area is 150 Å². The van der Waals surface area contributed by atoms with Crippen molar-refractivity contribution in [3.63, 3.8) is 0 Å². The molecule has 0 radical (unpaired) electrons. The molecule has 1 aromatic heterocycles. The number of benzene rings is 2. The topological polar surface area (TPSA) is 47.4 Å². The summed E-state index contributed by atoms with van der Waals surface area (Å²) in [6.45, 7) is 4.06. The summed E-state index contributed by atoms with van der Waals surface area (Å²) >= 11 is 0. The second-order valence-electron chi connectivity index (χ2n) is 6.36. The van der Waals surface area contributed by atoms with E-state index in [-0.39, 0.29) is 12.0 Å². The van der Waals surface area contributed by atoms with E-state index < -0.39 is 5.82 Å². The quantitative estimate of drug-likeness (QED) is 0.706. The first-order valence-corrected chi connectivity index (χ1v) is 8.42. The van der Waals surface area contributed by atoms with Crippen molar-refractivity contribution >= 4 is 11.6 Å². The Morgan fingerprint density at radius 2 is 2.00 bits per heavy atom. The van der Waals surface area contributed by atoms with E-state index in [2.05, 4.69) is 5.10 Å². The summed E-state index contributed by atoms with van der Waals surface area (Å²) in [6.07, 6.45) is 1.51. The number of hydrogen-bond donors (Lipinski definition) is 0. The highest BCUT2D eigenvalue weighted by atomic mass is 19.1. The number of halogens is 1. The smallest absolute Gasteiger partial charge is 0.261 e. The fourth-order valence-electron chi connectivity index (χ4n) is 3.14. The molecule has 0 N–H and O–H groups in total. The van der Waals surface area contributed by atoms with E-state index in [1.807, 2.05) is 44.2 Å². The van der Waals surface area contributed by atoms with Crippen molar-refractivity contribution in [1.82, 2.24) is 9.78 Å². The molecule has 1 atom stereocenters. The molecule has 4 rings (SSSR count). The second-order valence-corrected chi connectivity index (χ2v) is 6.36. The molecule has 3 aromatic rings. The molecule has 0 fully saturated rings. The third-order valence-corrected chi connectivity index (χ3v) is 4.38. The van der Waals surface area contributed by atoms with Gasteiger partial charge in [-0.05, 0) is 38.1 Å². The molecule has 0 aliphatic carbocycles. The van der Waals surface area contributed by atoms with Gasteiger partial charge >= 0.3 is 0 Å². The van der Waals surface area contributed by atoms with Crippen molar-refractivity contribution < 1.29 is 13.9 Å². The molecule has 0 spiro atoms. The van der Waals surface area contributed by atoms with Gasteiger partial charge in [-0.25, -0.2) is 9.07 Å². The third kappa shape index (κ3) is 2.83. The average Bonchev–Trinajstić information content (AvgIpc) is 3.02. The fourth-order valence-corrected chi connectivity index (χ4v) is 3.14. The van der Waals surface area contributed by atoms with Crippen LogP contribution >= 0.6 is 0 Å². The molecule has 2 heterocycles. The molecule has 1 aliphatic heterocycles. The highest BCUT2D eigenvalue weighted by Gasteiger charge is 2.30. The lowest BCUT2D eigenvalue weighted by atomic mass is 10.1. The van der Waals surface area contributed by atoms with Crippen molar-refractivity contribution in [2.75, 3.05) is 11.4 Å². The number of carbonyl (C=O) groups excluding carboxylic acids is 1. The zero-order chi connectivity index (χ0) is 18.3. The number of carbonyl (C=O) groups is 1. The highest BCUT2D eigenvalue weighted by Crippen LogP contribution is 2.35. The van der Waals surface area contributed by atoms with Crippen LogP contribution in [0.4, 0.5) is 10.1 Å². The minimum Gasteiger partial charge on any atom is -0.487 e. The lowest BCUT2D eigenvalue weighted by Gasteiger charge is -2.33. The van der Waals surface area contributed by atoms with E-state index >= 15 is 0 Å². The van der Waals surface area contributed by atoms with Gasteiger partial charge in [0.15, 0.2) is 0 Å². The lowest BCUT2D eigenvalue weighted by Crippen LogP contribution is -2.42. The van der Waals surface area contributed by atoms with Crippen LogP contribution in [0.5, 0.6) is 5.75 Å². The van der Waals surface area contributed by atoms with Gasteiger partial charge in [0, 0.05) is 12.3 Å². The molecule has 0 saturated carbocycles. The van der Waals surface area contributed by atoms with Crippen LogP contribution in [0.1, 0.15) is 23.0 Å². The van der Waals surface area contributed by atoms with Crippen LogP contribution in [0.3, 0.4) is 0 Å². The normalized spacial score (nSPS) is 16.1. The molecular formula is C20H18FN3O2. The number of anilines is 1. The van der Waals surface area contributed by atoms with Crippen LogP contribution in [0.15, 0.2) is 54.7 Å². The van der Waals surface area contributed by atoms with Gasteiger partial charge in [0.1, 0.15) is 17.7 Å². The van der Waals surface area contributed by atoms with E-state index in [1.54, 1.807) is 21.8 Å². The number of rotatable bonds is 2. The predicted molar refractivity (Wildman–Crippen MR) is 96.5 cm³/mol. The number of amides is 1. The molecule has 0 saturated heterocycles. The first kappa shape index (κ1) is 16.3. The molecule has 0 bridgehead atoms. The van der Waals surface area contributed by atoms with Crippen LogP contribution in [0.2, 0.25) is 0 Å². The molecule has 1 aliphatic rings. The summed E-state index contributed by atoms with van der Waals surface area (Å²) in [7, 11) is 0. The van der Waals surface area contributed by atoms with E-state index in [1.165, 1.54) is 12.1 Å². The zero-order valence-corrected chi connectivity index (χ0v) is 14.5. The summed E-state index contributed by atoms with van der Waals surface area (Å²) in [5.74, 6) is -0.184. The molecule has 2 aromatic carbocycles. The Morgan fingerprint density at radius 3 is 2.77 bits per heavy atom. The molecule has 1 amide bonds. The predicted octanol–water partition coefficient (Wildman–Crippen LogP) is 3.75. The third-order valence-electron chi connectivity index (χ3n) is 4.38. The standard InChI is InChI=1S/C20H18FN3O2/c1-13-11-23(18-9-8-15(21)10-19(18)26-13)20(25)17-12-24(22-14(17)2)16-6-4-3-5-7-16/h3-10,12-13H,11H2,1-2H3/t13-/m0/s1. The summed E-state index contributed by atoms with van der Waals surface area (Å²) in [5.41, 5.74) is 2.61. The van der Waals surface area contributed by atoms with Gasteiger partial charge in [0.25, 0.3) is 5.91 Å². The lowest BCUT2D eigenvalue weighted by molar-refractivity contribution is 0.0960. The number of aromatic nitrogens is 2. The van der Waals surface area contributed by atoms with Gasteiger partial charge in [0.05, 0.1) is 29.2 Å². The molecule has 6 heteroatoms. The largest absolute Gasteiger partial charge is 0.487 e. The van der Waals surface area contributed by atoms with Crippen molar-refractivity contribution in [2.45, 2.75) is 20.0 Å². The van der Waals surface area contributed by atoms with Crippen LogP contribution in [-0.2, 0) is 0 Å². The van der Waals surface area contributed by atoms with Crippen molar-refractivity contribution in [3.8, 4) is 11.4 Å². The maximum Gasteiger partial charge on any atom is 0.261 e. The number of nitrogens with zero attached hydrogens (tertiary/aromatic N) is 3. The van der Waals surface area contributed by atoms with Crippen LogP contribution in [-0.4, -0.2) is 28.3 Å². The van der Waals surface area contributed by atoms with Crippen molar-refractivity contribution in [2.24, 2.45) is 0 Å². The highest BCUT2D eigenvalue weighted by molar-refractivity contribution is 6.07. The van der Waals surface area contributed by atoms with Gasteiger partial charge in [-0.3, -0.25) is 4.79 Å². The second kappa shape index (κ2) is 6.29. The summed E-state index contributed by atoms with van der Waals surface area (Å²) < 4.78 is 20.9. The van der Waals surface area contributed by atoms with E-state index in [4.69, 9.17) is 4.74 Å². The van der Waals surface area contributed by atoms with Crippen LogP contribution in [0, 0.1) is 12.7 Å². The maximum absolute atomic E-state index is 13.5. The van der Waals surface area contributed by atoms with Crippen molar-refractivity contribution in [1.29, 1.82) is 0 Å². The number of hydrogen-bond acceptors (Lipinski definition) is 3. The summed E-state index contributed by atoms with van der Waals surface area (Å²) in [4.78, 5) is 14.8. The average molecular weight is 351 g/mol. The van der Waals surface area contributed by atoms with E-state index in [0.717, 1.165) is 5.69 Å². The SMILES string of the molecule is Cc1nn(-c2ccccc2)cc1C(=O)N1C[C@H](C)Oc2cc(F)ccc21. The van der Waals surface area contributed by atoms with E-state index in [9.17, 15) is 9.18 Å². The minimum atomic E-state index is -0.390. The van der Waals surface area contributed by atoms with Crippen LogP contribution in [0.25, 0.3) is 5.69 Å². The maximum atomic E-state index is 13.5. The van der Waals surface area contributed by atoms with Gasteiger partial charge in [-0.2, -0.15) is 5.10 Å². The number of para-hydroxylation sites is 1. The number of aryl methyl sites for hydroxylation is 1. The summed E-state index contributed by atoms with van der Waals surface area (Å²) in [6, 6.07) is 13.8. The Morgan fingerprint density at radius 1 is 1.23 bits per heavy atom. The Kier molecular flexibility index (Phi) is 3.95. The zero-order valence-electron chi connectivity index (χ0n) is 14.5. The first-order chi connectivity index (χ1) is 12.5. The summed E-state index contributed by atoms with van der Waals surface area (Å²) in [5, 5.41) is 4.46. The Hall–Kier alpha value is -3.15. The van der Waals surface area contributed by atoms with E-state index in [0.29, 0.717) is 29.2 Å². The Balaban J connectivity index is 1.72. The van der Waals surface area contributed by atoms with Crippen LogP contribution < -0.4 is 9.64 Å². The monoisotopic (exact) mass is 351 g/mol. The van der Waals surface area contributed by atoms with Gasteiger partial charge in [0.2, 0.25) is 0 Å². The Bertz CT molecular complexity index is 968. The molecular weight excluding hydrogens is 333 g/mol. The molecule has 132 valence electrons. The number of fused-ring (bicyclic) bond motifs is 1. The fraction of sp³-hybridized carbons (Fsp3) is 0.200. The van der Waals surface area contributed by atoms with Gasteiger partial charge in [-0.1, -0.05) is 18.2 Å². The molecule has 26 heavy (non-hydrogen) atoms. The number of ether oxygens (including phenoxy) is 1. The van der Waals surface area contributed by atoms with Gasteiger partial charge < -0.3 is 9.64 Å². The van der Waals surface area contributed by atoms with Gasteiger partial charge in [-0.15, -0.1) is 0 Å². The minimum absolute atomic E-state index is 0.173.